The van der Waals surface area contributed by atoms with Gasteiger partial charge in [-0.1, -0.05) is 40.2 Å². The lowest BCUT2D eigenvalue weighted by atomic mass is 9.95. The Kier molecular flexibility index (Phi) is 7.45. The number of benzene rings is 2. The Bertz CT molecular complexity index is 861. The highest BCUT2D eigenvalue weighted by Gasteiger charge is 2.26. The maximum atomic E-state index is 12.8. The molecular formula is C23H28BrN3O2. The van der Waals surface area contributed by atoms with Crippen molar-refractivity contribution in [2.24, 2.45) is 5.92 Å². The number of hydrogen-bond acceptors (Lipinski definition) is 3. The maximum absolute atomic E-state index is 12.8. The number of carbonyl (C=O) groups excluding carboxylic acids is 2. The van der Waals surface area contributed by atoms with E-state index in [1.165, 1.54) is 5.56 Å². The van der Waals surface area contributed by atoms with Gasteiger partial charge in [-0.3, -0.25) is 14.5 Å². The van der Waals surface area contributed by atoms with Crippen LogP contribution < -0.4 is 10.6 Å². The second-order valence-corrected chi connectivity index (χ2v) is 8.76. The zero-order valence-electron chi connectivity index (χ0n) is 17.0. The maximum Gasteiger partial charge on any atom is 0.253 e. The summed E-state index contributed by atoms with van der Waals surface area (Å²) < 4.78 is 1.09. The molecular weight excluding hydrogens is 430 g/mol. The van der Waals surface area contributed by atoms with Gasteiger partial charge in [0.05, 0.1) is 11.3 Å². The van der Waals surface area contributed by atoms with E-state index in [9.17, 15) is 9.59 Å². The molecule has 0 unspecified atom stereocenters. The molecule has 3 rings (SSSR count). The summed E-state index contributed by atoms with van der Waals surface area (Å²) in [5.74, 6) is -0.202. The molecule has 0 spiro atoms. The van der Waals surface area contributed by atoms with Crippen LogP contribution in [-0.2, 0) is 11.3 Å². The molecule has 1 aliphatic rings. The Morgan fingerprint density at radius 2 is 1.83 bits per heavy atom. The number of amides is 2. The first kappa shape index (κ1) is 21.5. The number of anilines is 1. The molecule has 5 nitrogen and oxygen atoms in total. The van der Waals surface area contributed by atoms with Crippen LogP contribution in [0.25, 0.3) is 0 Å². The number of hydrogen-bond donors (Lipinski definition) is 2. The van der Waals surface area contributed by atoms with Gasteiger partial charge in [-0.05, 0) is 69.6 Å². The van der Waals surface area contributed by atoms with Crippen LogP contribution in [-0.4, -0.2) is 35.8 Å². The first-order chi connectivity index (χ1) is 13.9. The van der Waals surface area contributed by atoms with Crippen molar-refractivity contribution in [2.75, 3.05) is 18.4 Å². The van der Waals surface area contributed by atoms with Gasteiger partial charge in [0.25, 0.3) is 5.91 Å². The summed E-state index contributed by atoms with van der Waals surface area (Å²) >= 11 is 3.52. The Labute approximate surface area is 181 Å². The number of likely N-dealkylation sites (tertiary alicyclic amines) is 1. The molecule has 6 heteroatoms. The average molecular weight is 458 g/mol. The number of rotatable bonds is 6. The van der Waals surface area contributed by atoms with Gasteiger partial charge in [-0.15, -0.1) is 0 Å². The molecule has 0 atom stereocenters. The second-order valence-electron chi connectivity index (χ2n) is 7.84. The summed E-state index contributed by atoms with van der Waals surface area (Å²) in [4.78, 5) is 27.6. The van der Waals surface area contributed by atoms with Crippen LogP contribution in [0.3, 0.4) is 0 Å². The van der Waals surface area contributed by atoms with Gasteiger partial charge < -0.3 is 10.6 Å². The molecule has 2 N–H and O–H groups in total. The van der Waals surface area contributed by atoms with Crippen LogP contribution in [0.15, 0.2) is 53.0 Å². The smallest absolute Gasteiger partial charge is 0.253 e. The van der Waals surface area contributed by atoms with Gasteiger partial charge in [0.15, 0.2) is 0 Å². The topological polar surface area (TPSA) is 61.4 Å². The third-order valence-corrected chi connectivity index (χ3v) is 5.60. The van der Waals surface area contributed by atoms with E-state index in [1.807, 2.05) is 38.1 Å². The van der Waals surface area contributed by atoms with Crippen molar-refractivity contribution < 1.29 is 9.59 Å². The predicted octanol–water partition coefficient (Wildman–Crippen LogP) is 4.44. The summed E-state index contributed by atoms with van der Waals surface area (Å²) in [6.07, 6.45) is 1.64. The molecule has 0 bridgehead atoms. The third kappa shape index (κ3) is 6.15. The van der Waals surface area contributed by atoms with Gasteiger partial charge in [0.2, 0.25) is 5.91 Å². The first-order valence-corrected chi connectivity index (χ1v) is 10.9. The van der Waals surface area contributed by atoms with Gasteiger partial charge in [0, 0.05) is 23.0 Å². The number of carbonyl (C=O) groups is 2. The number of nitrogens with one attached hydrogen (secondary N) is 2. The Morgan fingerprint density at radius 1 is 1.10 bits per heavy atom. The zero-order chi connectivity index (χ0) is 20.8. The molecule has 2 amide bonds. The van der Waals surface area contributed by atoms with Crippen molar-refractivity contribution in [3.05, 3.63) is 64.1 Å². The van der Waals surface area contributed by atoms with E-state index in [4.69, 9.17) is 0 Å². The summed E-state index contributed by atoms with van der Waals surface area (Å²) in [5.41, 5.74) is 2.35. The largest absolute Gasteiger partial charge is 0.350 e. The monoisotopic (exact) mass is 457 g/mol. The molecule has 0 saturated carbocycles. The number of para-hydroxylation sites is 1. The Balaban J connectivity index is 1.56. The summed E-state index contributed by atoms with van der Waals surface area (Å²) in [6, 6.07) is 15.6. The van der Waals surface area contributed by atoms with Crippen LogP contribution in [0.4, 0.5) is 5.69 Å². The fourth-order valence-electron chi connectivity index (χ4n) is 3.61. The van der Waals surface area contributed by atoms with Crippen molar-refractivity contribution in [3.63, 3.8) is 0 Å². The average Bonchev–Trinajstić information content (AvgIpc) is 2.68. The summed E-state index contributed by atoms with van der Waals surface area (Å²) in [6.45, 7) is 6.51. The molecule has 29 heavy (non-hydrogen) atoms. The standard InChI is InChI=1S/C23H28BrN3O2/c1-16(2)25-23(29)20-8-3-4-9-21(20)26-22(28)18-10-12-27(13-11-18)15-17-6-5-7-19(24)14-17/h3-9,14,16,18H,10-13,15H2,1-2H3,(H,25,29)(H,26,28). The zero-order valence-corrected chi connectivity index (χ0v) is 18.5. The summed E-state index contributed by atoms with van der Waals surface area (Å²) in [5, 5.41) is 5.87. The first-order valence-electron chi connectivity index (χ1n) is 10.1. The van der Waals surface area contributed by atoms with Crippen molar-refractivity contribution in [3.8, 4) is 0 Å². The fraction of sp³-hybridized carbons (Fsp3) is 0.391. The van der Waals surface area contributed by atoms with E-state index in [1.54, 1.807) is 12.1 Å². The Morgan fingerprint density at radius 3 is 2.52 bits per heavy atom. The lowest BCUT2D eigenvalue weighted by Gasteiger charge is -2.31. The SMILES string of the molecule is CC(C)NC(=O)c1ccccc1NC(=O)C1CCN(Cc2cccc(Br)c2)CC1. The molecule has 0 aliphatic carbocycles. The van der Waals surface area contributed by atoms with Gasteiger partial charge in [0.1, 0.15) is 0 Å². The Hall–Kier alpha value is -2.18. The molecule has 2 aromatic rings. The highest BCUT2D eigenvalue weighted by atomic mass is 79.9. The fourth-order valence-corrected chi connectivity index (χ4v) is 4.06. The van der Waals surface area contributed by atoms with Gasteiger partial charge >= 0.3 is 0 Å². The molecule has 1 heterocycles. The van der Waals surface area contributed by atoms with Crippen molar-refractivity contribution in [1.29, 1.82) is 0 Å². The molecule has 0 aromatic heterocycles. The van der Waals surface area contributed by atoms with E-state index >= 15 is 0 Å². The number of halogens is 1. The van der Waals surface area contributed by atoms with E-state index < -0.39 is 0 Å². The quantitative estimate of drug-likeness (QED) is 0.673. The lowest BCUT2D eigenvalue weighted by molar-refractivity contribution is -0.121. The van der Waals surface area contributed by atoms with Crippen LogP contribution in [0.1, 0.15) is 42.6 Å². The second kappa shape index (κ2) is 10.0. The lowest BCUT2D eigenvalue weighted by Crippen LogP contribution is -2.38. The molecule has 154 valence electrons. The summed E-state index contributed by atoms with van der Waals surface area (Å²) in [7, 11) is 0. The number of piperidine rings is 1. The minimum atomic E-state index is -0.167. The molecule has 2 aromatic carbocycles. The minimum Gasteiger partial charge on any atom is -0.350 e. The molecule has 1 fully saturated rings. The highest BCUT2D eigenvalue weighted by molar-refractivity contribution is 9.10. The van der Waals surface area contributed by atoms with E-state index in [-0.39, 0.29) is 23.8 Å². The van der Waals surface area contributed by atoms with Gasteiger partial charge in [-0.25, -0.2) is 0 Å². The van der Waals surface area contributed by atoms with Crippen molar-refractivity contribution >= 4 is 33.4 Å². The van der Waals surface area contributed by atoms with Crippen LogP contribution in [0.2, 0.25) is 0 Å². The van der Waals surface area contributed by atoms with Crippen molar-refractivity contribution in [2.45, 2.75) is 39.3 Å². The van der Waals surface area contributed by atoms with Gasteiger partial charge in [-0.2, -0.15) is 0 Å². The van der Waals surface area contributed by atoms with Crippen molar-refractivity contribution in [1.82, 2.24) is 10.2 Å². The third-order valence-electron chi connectivity index (χ3n) is 5.10. The van der Waals surface area contributed by atoms with Crippen LogP contribution in [0, 0.1) is 5.92 Å². The number of nitrogens with zero attached hydrogens (tertiary/aromatic N) is 1. The normalized spacial score (nSPS) is 15.3. The van der Waals surface area contributed by atoms with E-state index in [2.05, 4.69) is 43.6 Å². The van der Waals surface area contributed by atoms with E-state index in [0.717, 1.165) is 36.9 Å². The molecule has 1 saturated heterocycles. The molecule has 1 aliphatic heterocycles. The van der Waals surface area contributed by atoms with Crippen LogP contribution >= 0.6 is 15.9 Å². The molecule has 0 radical (unpaired) electrons. The van der Waals surface area contributed by atoms with Crippen LogP contribution in [0.5, 0.6) is 0 Å². The van der Waals surface area contributed by atoms with E-state index in [0.29, 0.717) is 11.3 Å². The predicted molar refractivity (Wildman–Crippen MR) is 120 cm³/mol. The highest BCUT2D eigenvalue weighted by Crippen LogP contribution is 2.23. The minimum absolute atomic E-state index is 0.00287.